The zero-order valence-corrected chi connectivity index (χ0v) is 66.4. The molecule has 3 aromatic heterocycles. The van der Waals surface area contributed by atoms with Crippen LogP contribution >= 0.6 is 11.3 Å². The molecule has 616 valence electrons. The molecule has 9 amide bonds. The fraction of sp³-hybridized carbons (Fsp3) is 0.476. The summed E-state index contributed by atoms with van der Waals surface area (Å²) in [6, 6.07) is 26.7. The number of carboxylic acid groups (broad SMARTS) is 1. The van der Waals surface area contributed by atoms with Crippen LogP contribution < -0.4 is 42.0 Å². The van der Waals surface area contributed by atoms with Gasteiger partial charge in [-0.3, -0.25) is 48.6 Å². The first-order valence-corrected chi connectivity index (χ1v) is 40.2. The van der Waals surface area contributed by atoms with Gasteiger partial charge in [0.05, 0.1) is 35.2 Å². The third kappa shape index (κ3) is 18.7. The maximum atomic E-state index is 15.0. The molecule has 3 aliphatic heterocycles. The molecule has 32 heteroatoms. The summed E-state index contributed by atoms with van der Waals surface area (Å²) in [4.78, 5) is 135. The number of anilines is 3. The number of rotatable bonds is 34. The SMILES string of the molecule is Cc1c(-c2ccc(N3CCc4cccc(C(=O)Nc5nc6ccccc6s5)c4C3)nc2C(=O)O)cnn1CC12CC3(C)CC(C)(C1)CC(OCCN(Cc1ccc(O[C@@H]4O[C@H](CO)[C@@H](O)[C@H](O)[C@H]4O)cc1)C(=O)OCc1ccc(N(C(=O)[C@@H](NC(=O)CCCCCN4C(=O)C=CC4=O)C(C)C)[C@@H](CCCNC(N)=O)C(N)=O)cc1)(C3)C2. The number of pyridine rings is 1. The second-order valence-corrected chi connectivity index (χ2v) is 33.9. The molecular weight excluding hydrogens is 1510 g/mol. The fourth-order valence-corrected chi connectivity index (χ4v) is 19.7. The highest BCUT2D eigenvalue weighted by Crippen LogP contribution is 2.72. The van der Waals surface area contributed by atoms with Gasteiger partial charge >= 0.3 is 18.1 Å². The van der Waals surface area contributed by atoms with Crippen LogP contribution in [0.1, 0.15) is 154 Å². The Labute approximate surface area is 674 Å². The summed E-state index contributed by atoms with van der Waals surface area (Å²) >= 11 is 1.40. The van der Waals surface area contributed by atoms with Crippen molar-refractivity contribution in [2.24, 2.45) is 33.6 Å². The Kier molecular flexibility index (Phi) is 25.1. The van der Waals surface area contributed by atoms with Gasteiger partial charge in [-0.25, -0.2) is 24.4 Å². The zero-order chi connectivity index (χ0) is 82.5. The Morgan fingerprint density at radius 1 is 0.793 bits per heavy atom. The molecule has 7 aliphatic rings. The van der Waals surface area contributed by atoms with Crippen molar-refractivity contribution in [3.05, 3.63) is 161 Å². The molecule has 0 radical (unpaired) electrons. The molecule has 0 spiro atoms. The van der Waals surface area contributed by atoms with Gasteiger partial charge in [0.1, 0.15) is 54.7 Å². The number of nitrogens with one attached hydrogen (secondary N) is 3. The number of nitrogens with two attached hydrogens (primary N) is 2. The van der Waals surface area contributed by atoms with Crippen LogP contribution in [0.3, 0.4) is 0 Å². The van der Waals surface area contributed by atoms with Gasteiger partial charge in [-0.05, 0) is 177 Å². The van der Waals surface area contributed by atoms with Gasteiger partial charge in [0.15, 0.2) is 10.8 Å². The van der Waals surface area contributed by atoms with E-state index in [0.717, 1.165) is 64.0 Å². The molecule has 116 heavy (non-hydrogen) atoms. The average molecular weight is 1610 g/mol. The van der Waals surface area contributed by atoms with Crippen LogP contribution in [-0.4, -0.2) is 196 Å². The van der Waals surface area contributed by atoms with E-state index in [9.17, 15) is 68.7 Å². The molecule has 1 saturated heterocycles. The molecule has 14 rings (SSSR count). The summed E-state index contributed by atoms with van der Waals surface area (Å²) in [6.07, 6.45) is 3.03. The minimum Gasteiger partial charge on any atom is -0.476 e. The Bertz CT molecular complexity index is 4810. The molecule has 4 saturated carbocycles. The number of aliphatic hydroxyl groups excluding tert-OH is 4. The summed E-state index contributed by atoms with van der Waals surface area (Å²) in [5.41, 5.74) is 16.4. The van der Waals surface area contributed by atoms with Crippen LogP contribution in [0, 0.1) is 29.1 Å². The van der Waals surface area contributed by atoms with Crippen LogP contribution in [0.5, 0.6) is 5.75 Å². The van der Waals surface area contributed by atoms with E-state index in [1.165, 1.54) is 33.3 Å². The largest absolute Gasteiger partial charge is 0.476 e. The van der Waals surface area contributed by atoms with E-state index in [-0.39, 0.29) is 97.9 Å². The van der Waals surface area contributed by atoms with Crippen molar-refractivity contribution in [3.8, 4) is 16.9 Å². The maximum Gasteiger partial charge on any atom is 0.410 e. The summed E-state index contributed by atoms with van der Waals surface area (Å²) in [5.74, 6) is -4.04. The van der Waals surface area contributed by atoms with Gasteiger partial charge in [-0.1, -0.05) is 94.0 Å². The van der Waals surface area contributed by atoms with Crippen molar-refractivity contribution in [1.82, 2.24) is 40.2 Å². The number of urea groups is 1. The lowest BCUT2D eigenvalue weighted by Gasteiger charge is -2.69. The van der Waals surface area contributed by atoms with E-state index in [4.69, 9.17) is 40.5 Å². The second kappa shape index (κ2) is 35.0. The number of hydrogen-bond acceptors (Lipinski definition) is 22. The highest BCUT2D eigenvalue weighted by atomic mass is 32.1. The fourth-order valence-electron chi connectivity index (χ4n) is 18.9. The van der Waals surface area contributed by atoms with E-state index in [0.29, 0.717) is 90.5 Å². The van der Waals surface area contributed by atoms with Crippen LogP contribution in [0.15, 0.2) is 121 Å². The van der Waals surface area contributed by atoms with Gasteiger partial charge in [-0.2, -0.15) is 5.10 Å². The van der Waals surface area contributed by atoms with E-state index in [1.54, 1.807) is 80.7 Å². The molecule has 6 heterocycles. The lowest BCUT2D eigenvalue weighted by Crippen LogP contribution is -2.64. The number of carbonyl (C=O) groups is 9. The number of aliphatic hydroxyl groups is 4. The first-order chi connectivity index (χ1) is 55.4. The second-order valence-electron chi connectivity index (χ2n) is 32.9. The average Bonchev–Trinajstić information content (AvgIpc) is 0.815. The number of ether oxygens (including phenoxy) is 4. The van der Waals surface area contributed by atoms with Gasteiger partial charge < -0.3 is 76.4 Å². The lowest BCUT2D eigenvalue weighted by atomic mass is 9.39. The van der Waals surface area contributed by atoms with Gasteiger partial charge in [0, 0.05) is 92.5 Å². The van der Waals surface area contributed by atoms with Crippen molar-refractivity contribution in [1.29, 1.82) is 0 Å². The summed E-state index contributed by atoms with van der Waals surface area (Å²) in [7, 11) is 0. The number of carbonyl (C=O) groups excluding carboxylic acids is 8. The molecule has 9 atom stereocenters. The minimum absolute atomic E-state index is 0.00637. The van der Waals surface area contributed by atoms with Crippen molar-refractivity contribution in [2.75, 3.05) is 54.5 Å². The third-order valence-electron chi connectivity index (χ3n) is 23.2. The molecule has 7 aromatic rings. The Balaban J connectivity index is 0.701. The van der Waals surface area contributed by atoms with Gasteiger partial charge in [0.25, 0.3) is 23.6 Å². The Morgan fingerprint density at radius 2 is 1.52 bits per heavy atom. The van der Waals surface area contributed by atoms with Crippen molar-refractivity contribution >= 4 is 91.7 Å². The van der Waals surface area contributed by atoms with Crippen molar-refractivity contribution in [2.45, 2.75) is 193 Å². The Hall–Kier alpha value is -10.7. The zero-order valence-electron chi connectivity index (χ0n) is 65.6. The maximum absolute atomic E-state index is 15.0. The first kappa shape index (κ1) is 83.2. The third-order valence-corrected chi connectivity index (χ3v) is 24.2. The Morgan fingerprint density at radius 3 is 2.21 bits per heavy atom. The predicted molar refractivity (Wildman–Crippen MR) is 427 cm³/mol. The van der Waals surface area contributed by atoms with Gasteiger partial charge in [-0.15, -0.1) is 0 Å². The standard InChI is InChI=1S/C84H101N13O18S/c1-49(2)68(91-65(99)18-7-6-10-33-95-66(100)29-30-67(95)101)75(107)97(61(73(85)105)16-12-32-87-78(86)110)54-23-19-52(20-24-54)41-112-80(111)94(38-51-21-25-55(26-22-51)114-77-72(104)71(103)70(102)62(40-98)115-77)35-36-113-84-45-81(4)42-82(5,46-84)44-83(43-81,47-84)48-96-50(3)58(37-88-96)56-27-28-64(90-69(56)76(108)109)93-34-31-53-13-11-14-57(59(53)39-93)74(106)92-79-89-60-15-8-9-17-63(60)116-79/h8-9,11,13-15,17,19-30,37,49,61-62,68,70-72,77,98,102-104H,6-7,10,12,16,18,31-36,38-48H2,1-5H3,(H2,85,105)(H,91,99)(H,108,109)(H3,86,87,110)(H,89,92,106)/t61-,62+,68-,70+,71-,72+,77+,81?,82?,83?,84?/m0/s1. The number of imide groups is 1. The smallest absolute Gasteiger partial charge is 0.410 e. The number of amides is 9. The van der Waals surface area contributed by atoms with Gasteiger partial charge in [0.2, 0.25) is 18.1 Å². The first-order valence-electron chi connectivity index (χ1n) is 39.4. The summed E-state index contributed by atoms with van der Waals surface area (Å²) in [5, 5.41) is 66.1. The predicted octanol–water partition coefficient (Wildman–Crippen LogP) is 7.79. The van der Waals surface area contributed by atoms with E-state index < -0.39 is 109 Å². The number of aromatic nitrogens is 4. The molecule has 5 fully saturated rings. The topological polar surface area (TPSA) is 436 Å². The summed E-state index contributed by atoms with van der Waals surface area (Å²) < 4.78 is 27.8. The molecule has 4 aromatic carbocycles. The number of primary amides is 2. The minimum atomic E-state index is -1.67. The molecule has 31 nitrogen and oxygen atoms in total. The van der Waals surface area contributed by atoms with Crippen LogP contribution in [0.4, 0.5) is 26.2 Å². The number of fused-ring (bicyclic) bond motifs is 2. The number of carboxylic acids is 1. The van der Waals surface area contributed by atoms with Crippen LogP contribution in [0.25, 0.3) is 21.3 Å². The number of para-hydroxylation sites is 1. The quantitative estimate of drug-likeness (QED) is 0.0136. The highest BCUT2D eigenvalue weighted by Gasteiger charge is 2.66. The molecular formula is C84H101N13O18S. The summed E-state index contributed by atoms with van der Waals surface area (Å²) in [6.45, 7) is 11.0. The molecule has 4 aliphatic carbocycles. The number of aromatic carboxylic acids is 1. The highest BCUT2D eigenvalue weighted by molar-refractivity contribution is 7.22. The monoisotopic (exact) mass is 1610 g/mol. The molecule has 2 unspecified atom stereocenters. The van der Waals surface area contributed by atoms with Crippen LogP contribution in [0.2, 0.25) is 0 Å². The van der Waals surface area contributed by atoms with Crippen LogP contribution in [-0.2, 0) is 70.8 Å². The van der Waals surface area contributed by atoms with Crippen molar-refractivity contribution < 1.29 is 87.6 Å². The van der Waals surface area contributed by atoms with E-state index in [2.05, 4.69) is 34.8 Å². The molecule has 4 bridgehead atoms. The van der Waals surface area contributed by atoms with Crippen molar-refractivity contribution in [3.63, 3.8) is 0 Å². The number of unbranched alkanes of at least 4 members (excludes halogenated alkanes) is 2. The number of nitrogens with zero attached hydrogens (tertiary/aromatic N) is 8. The normalized spacial score (nSPS) is 23.8. The lowest BCUT2D eigenvalue weighted by molar-refractivity contribution is -0.277. The van der Waals surface area contributed by atoms with E-state index in [1.807, 2.05) is 59.0 Å². The molecule has 12 N–H and O–H groups in total. The number of hydrogen-bond donors (Lipinski definition) is 10. The van der Waals surface area contributed by atoms with E-state index >= 15 is 0 Å². The number of benzene rings is 4. The number of thiazole rings is 1.